The summed E-state index contributed by atoms with van der Waals surface area (Å²) < 4.78 is 38.9. The third-order valence-corrected chi connectivity index (χ3v) is 3.62. The fourth-order valence-electron chi connectivity index (χ4n) is 1.26. The van der Waals surface area contributed by atoms with Crippen molar-refractivity contribution in [1.29, 1.82) is 5.26 Å². The van der Waals surface area contributed by atoms with Gasteiger partial charge in [0.25, 0.3) is 0 Å². The SMILES string of the molecule is CC(=O)NCCNS(=O)(=O)c1ccc(F)c(C#N)c1. The Labute approximate surface area is 110 Å². The summed E-state index contributed by atoms with van der Waals surface area (Å²) in [5.41, 5.74) is -0.343. The van der Waals surface area contributed by atoms with Crippen LogP contribution in [0.2, 0.25) is 0 Å². The van der Waals surface area contributed by atoms with Crippen LogP contribution in [0.3, 0.4) is 0 Å². The lowest BCUT2D eigenvalue weighted by atomic mass is 10.2. The molecule has 102 valence electrons. The number of halogens is 1. The maximum absolute atomic E-state index is 13.1. The molecule has 1 rings (SSSR count). The van der Waals surface area contributed by atoms with E-state index in [-0.39, 0.29) is 29.5 Å². The Bertz CT molecular complexity index is 623. The van der Waals surface area contributed by atoms with Crippen molar-refractivity contribution in [3.05, 3.63) is 29.6 Å². The number of nitrogens with one attached hydrogen (secondary N) is 2. The van der Waals surface area contributed by atoms with Gasteiger partial charge in [0, 0.05) is 20.0 Å². The normalized spacial score (nSPS) is 10.8. The summed E-state index contributed by atoms with van der Waals surface area (Å²) in [5, 5.41) is 11.1. The molecule has 0 unspecified atom stereocenters. The van der Waals surface area contributed by atoms with E-state index < -0.39 is 15.8 Å². The molecule has 2 N–H and O–H groups in total. The molecule has 0 saturated heterocycles. The van der Waals surface area contributed by atoms with Gasteiger partial charge in [0.1, 0.15) is 11.9 Å². The van der Waals surface area contributed by atoms with Gasteiger partial charge in [0.15, 0.2) is 0 Å². The molecule has 0 bridgehead atoms. The number of amides is 1. The average Bonchev–Trinajstić information content (AvgIpc) is 2.35. The molecule has 0 radical (unpaired) electrons. The zero-order valence-electron chi connectivity index (χ0n) is 10.1. The smallest absolute Gasteiger partial charge is 0.240 e. The second kappa shape index (κ2) is 6.26. The van der Waals surface area contributed by atoms with Crippen LogP contribution in [0.4, 0.5) is 4.39 Å². The van der Waals surface area contributed by atoms with Gasteiger partial charge in [0.05, 0.1) is 10.5 Å². The quantitative estimate of drug-likeness (QED) is 0.750. The third-order valence-electron chi connectivity index (χ3n) is 2.16. The van der Waals surface area contributed by atoms with Gasteiger partial charge in [-0.25, -0.2) is 17.5 Å². The second-order valence-electron chi connectivity index (χ2n) is 3.63. The predicted molar refractivity (Wildman–Crippen MR) is 65.0 cm³/mol. The Morgan fingerprint density at radius 3 is 2.68 bits per heavy atom. The van der Waals surface area contributed by atoms with Crippen LogP contribution < -0.4 is 10.0 Å². The van der Waals surface area contributed by atoms with E-state index in [1.807, 2.05) is 0 Å². The summed E-state index contributed by atoms with van der Waals surface area (Å²) in [5.74, 6) is -1.05. The van der Waals surface area contributed by atoms with Crippen LogP contribution in [0, 0.1) is 17.1 Å². The number of hydrogen-bond donors (Lipinski definition) is 2. The van der Waals surface area contributed by atoms with Crippen molar-refractivity contribution in [1.82, 2.24) is 10.0 Å². The molecule has 1 amide bonds. The fourth-order valence-corrected chi connectivity index (χ4v) is 2.32. The predicted octanol–water partition coefficient (Wildman–Crippen LogP) is 0.112. The molecule has 0 aliphatic heterocycles. The summed E-state index contributed by atoms with van der Waals surface area (Å²) in [6.45, 7) is 1.45. The van der Waals surface area contributed by atoms with E-state index in [9.17, 15) is 17.6 Å². The second-order valence-corrected chi connectivity index (χ2v) is 5.40. The Morgan fingerprint density at radius 1 is 1.42 bits per heavy atom. The number of hydrogen-bond acceptors (Lipinski definition) is 4. The van der Waals surface area contributed by atoms with Gasteiger partial charge in [-0.05, 0) is 18.2 Å². The summed E-state index contributed by atoms with van der Waals surface area (Å²) in [6, 6.07) is 4.50. The molecule has 1 aromatic rings. The van der Waals surface area contributed by atoms with E-state index in [0.29, 0.717) is 0 Å². The first-order valence-electron chi connectivity index (χ1n) is 5.30. The summed E-state index contributed by atoms with van der Waals surface area (Å²) >= 11 is 0. The van der Waals surface area contributed by atoms with Crippen LogP contribution in [0.1, 0.15) is 12.5 Å². The highest BCUT2D eigenvalue weighted by Gasteiger charge is 2.15. The van der Waals surface area contributed by atoms with Crippen molar-refractivity contribution in [2.45, 2.75) is 11.8 Å². The van der Waals surface area contributed by atoms with Gasteiger partial charge >= 0.3 is 0 Å². The molecule has 0 spiro atoms. The Hall–Kier alpha value is -1.98. The zero-order valence-corrected chi connectivity index (χ0v) is 10.9. The van der Waals surface area contributed by atoms with Gasteiger partial charge < -0.3 is 5.32 Å². The Morgan fingerprint density at radius 2 is 2.11 bits per heavy atom. The highest BCUT2D eigenvalue weighted by atomic mass is 32.2. The van der Waals surface area contributed by atoms with Gasteiger partial charge in [0.2, 0.25) is 15.9 Å². The lowest BCUT2D eigenvalue weighted by Gasteiger charge is -2.07. The van der Waals surface area contributed by atoms with Crippen LogP contribution in [0.25, 0.3) is 0 Å². The minimum absolute atomic E-state index is 0.00117. The maximum Gasteiger partial charge on any atom is 0.240 e. The van der Waals surface area contributed by atoms with Crippen molar-refractivity contribution >= 4 is 15.9 Å². The first kappa shape index (κ1) is 15.1. The molecule has 19 heavy (non-hydrogen) atoms. The van der Waals surface area contributed by atoms with E-state index >= 15 is 0 Å². The van der Waals surface area contributed by atoms with Gasteiger partial charge in [-0.3, -0.25) is 4.79 Å². The van der Waals surface area contributed by atoms with Crippen LogP contribution in [-0.2, 0) is 14.8 Å². The van der Waals surface area contributed by atoms with E-state index in [0.717, 1.165) is 18.2 Å². The van der Waals surface area contributed by atoms with Crippen molar-refractivity contribution in [3.8, 4) is 6.07 Å². The van der Waals surface area contributed by atoms with Gasteiger partial charge in [-0.15, -0.1) is 0 Å². The Balaban J connectivity index is 2.78. The van der Waals surface area contributed by atoms with Crippen LogP contribution in [-0.4, -0.2) is 27.4 Å². The number of benzene rings is 1. The topological polar surface area (TPSA) is 99.1 Å². The van der Waals surface area contributed by atoms with Crippen molar-refractivity contribution in [3.63, 3.8) is 0 Å². The van der Waals surface area contributed by atoms with Crippen molar-refractivity contribution in [2.75, 3.05) is 13.1 Å². The van der Waals surface area contributed by atoms with Crippen LogP contribution in [0.5, 0.6) is 0 Å². The van der Waals surface area contributed by atoms with E-state index in [1.54, 1.807) is 6.07 Å². The minimum Gasteiger partial charge on any atom is -0.355 e. The summed E-state index contributed by atoms with van der Waals surface area (Å²) in [6.07, 6.45) is 0. The monoisotopic (exact) mass is 285 g/mol. The number of carbonyl (C=O) groups is 1. The molecule has 0 aromatic heterocycles. The number of nitrogens with zero attached hydrogens (tertiary/aromatic N) is 1. The minimum atomic E-state index is -3.83. The summed E-state index contributed by atoms with van der Waals surface area (Å²) in [7, 11) is -3.83. The highest BCUT2D eigenvalue weighted by Crippen LogP contribution is 2.13. The van der Waals surface area contributed by atoms with Gasteiger partial charge in [-0.1, -0.05) is 0 Å². The molecule has 0 saturated carbocycles. The summed E-state index contributed by atoms with van der Waals surface area (Å²) in [4.78, 5) is 10.4. The molecule has 8 heteroatoms. The zero-order chi connectivity index (χ0) is 14.5. The maximum atomic E-state index is 13.1. The van der Waals surface area contributed by atoms with Crippen LogP contribution in [0.15, 0.2) is 23.1 Å². The molecule has 0 aliphatic carbocycles. The fraction of sp³-hybridized carbons (Fsp3) is 0.273. The first-order valence-corrected chi connectivity index (χ1v) is 6.79. The van der Waals surface area contributed by atoms with E-state index in [2.05, 4.69) is 10.0 Å². The molecule has 0 atom stereocenters. The number of sulfonamides is 1. The Kier molecular flexibility index (Phi) is 4.97. The van der Waals surface area contributed by atoms with Crippen molar-refractivity contribution < 1.29 is 17.6 Å². The average molecular weight is 285 g/mol. The molecule has 1 aromatic carbocycles. The number of nitriles is 1. The van der Waals surface area contributed by atoms with E-state index in [4.69, 9.17) is 5.26 Å². The third kappa shape index (κ3) is 4.31. The molecule has 0 fully saturated rings. The van der Waals surface area contributed by atoms with Crippen molar-refractivity contribution in [2.24, 2.45) is 0 Å². The molecular weight excluding hydrogens is 273 g/mol. The largest absolute Gasteiger partial charge is 0.355 e. The highest BCUT2D eigenvalue weighted by molar-refractivity contribution is 7.89. The van der Waals surface area contributed by atoms with Crippen LogP contribution >= 0.6 is 0 Å². The lowest BCUT2D eigenvalue weighted by Crippen LogP contribution is -2.33. The van der Waals surface area contributed by atoms with E-state index in [1.165, 1.54) is 6.92 Å². The number of carbonyl (C=O) groups excluding carboxylic acids is 1. The lowest BCUT2D eigenvalue weighted by molar-refractivity contribution is -0.118. The first-order chi connectivity index (χ1) is 8.86. The number of rotatable bonds is 5. The molecule has 0 aliphatic rings. The standard InChI is InChI=1S/C11H12FN3O3S/c1-8(16)14-4-5-15-19(17,18)10-2-3-11(12)9(6-10)7-13/h2-3,6,15H,4-5H2,1H3,(H,14,16). The molecule has 0 heterocycles. The molecule has 6 nitrogen and oxygen atoms in total. The van der Waals surface area contributed by atoms with Gasteiger partial charge in [-0.2, -0.15) is 5.26 Å². The molecular formula is C11H12FN3O3S.